The highest BCUT2D eigenvalue weighted by atomic mass is 35.5. The van der Waals surface area contributed by atoms with Crippen molar-refractivity contribution in [3.63, 3.8) is 0 Å². The molecule has 124 valence electrons. The van der Waals surface area contributed by atoms with Crippen molar-refractivity contribution >= 4 is 23.2 Å². The van der Waals surface area contributed by atoms with Crippen LogP contribution in [0.25, 0.3) is 5.65 Å². The van der Waals surface area contributed by atoms with Crippen molar-refractivity contribution in [3.8, 4) is 0 Å². The number of nitrogens with zero attached hydrogens (tertiary/aromatic N) is 7. The summed E-state index contributed by atoms with van der Waals surface area (Å²) in [6.45, 7) is 6.81. The smallest absolute Gasteiger partial charge is 0.276 e. The van der Waals surface area contributed by atoms with E-state index in [9.17, 15) is 4.79 Å². The highest BCUT2D eigenvalue weighted by Gasteiger charge is 2.31. The van der Waals surface area contributed by atoms with Crippen LogP contribution in [0.3, 0.4) is 0 Å². The zero-order valence-corrected chi connectivity index (χ0v) is 14.3. The van der Waals surface area contributed by atoms with E-state index < -0.39 is 0 Å². The van der Waals surface area contributed by atoms with Gasteiger partial charge in [-0.25, -0.2) is 9.50 Å². The van der Waals surface area contributed by atoms with Gasteiger partial charge >= 0.3 is 0 Å². The molecule has 9 heteroatoms. The Hall–Kier alpha value is -2.48. The number of hydrogen-bond donors (Lipinski definition) is 0. The number of carbonyl (C=O) groups excluding carboxylic acids is 1. The third-order valence-electron chi connectivity index (χ3n) is 4.23. The summed E-state index contributed by atoms with van der Waals surface area (Å²) in [5.41, 5.74) is 1.64. The molecule has 0 spiro atoms. The van der Waals surface area contributed by atoms with Gasteiger partial charge < -0.3 is 9.47 Å². The minimum atomic E-state index is -0.220. The second kappa shape index (κ2) is 5.27. The van der Waals surface area contributed by atoms with Crippen LogP contribution in [0.1, 0.15) is 40.7 Å². The van der Waals surface area contributed by atoms with Crippen LogP contribution in [-0.2, 0) is 6.54 Å². The minimum absolute atomic E-state index is 0.101. The highest BCUT2D eigenvalue weighted by Crippen LogP contribution is 2.26. The Balaban J connectivity index is 1.71. The van der Waals surface area contributed by atoms with Crippen LogP contribution < -0.4 is 0 Å². The first-order valence-corrected chi connectivity index (χ1v) is 8.03. The van der Waals surface area contributed by atoms with Gasteiger partial charge in [-0.15, -0.1) is 10.2 Å². The van der Waals surface area contributed by atoms with E-state index in [1.54, 1.807) is 21.8 Å². The third kappa shape index (κ3) is 2.17. The predicted molar refractivity (Wildman–Crippen MR) is 86.9 cm³/mol. The van der Waals surface area contributed by atoms with Gasteiger partial charge in [0.05, 0.1) is 12.6 Å². The number of halogens is 1. The molecule has 0 fully saturated rings. The van der Waals surface area contributed by atoms with Gasteiger partial charge in [-0.05, 0) is 26.3 Å². The lowest BCUT2D eigenvalue weighted by molar-refractivity contribution is 0.0674. The summed E-state index contributed by atoms with van der Waals surface area (Å²) in [6.07, 6.45) is 3.50. The zero-order chi connectivity index (χ0) is 17.0. The van der Waals surface area contributed by atoms with Crippen molar-refractivity contribution in [3.05, 3.63) is 40.3 Å². The molecule has 0 aromatic carbocycles. The lowest BCUT2D eigenvalue weighted by atomic mass is 10.2. The van der Waals surface area contributed by atoms with E-state index in [2.05, 4.69) is 24.8 Å². The summed E-state index contributed by atoms with van der Waals surface area (Å²) in [4.78, 5) is 18.9. The maximum absolute atomic E-state index is 12.9. The first kappa shape index (κ1) is 15.1. The molecular formula is C15H16ClN7O. The van der Waals surface area contributed by atoms with Crippen molar-refractivity contribution in [1.29, 1.82) is 0 Å². The Morgan fingerprint density at radius 2 is 2.12 bits per heavy atom. The maximum Gasteiger partial charge on any atom is 0.276 e. The largest absolute Gasteiger partial charge is 0.328 e. The molecule has 3 aromatic rings. The van der Waals surface area contributed by atoms with Gasteiger partial charge in [-0.3, -0.25) is 4.79 Å². The van der Waals surface area contributed by atoms with Crippen molar-refractivity contribution in [2.75, 3.05) is 6.54 Å². The molecule has 1 atom stereocenters. The summed E-state index contributed by atoms with van der Waals surface area (Å²) in [5.74, 6) is 1.41. The summed E-state index contributed by atoms with van der Waals surface area (Å²) in [7, 11) is 0. The van der Waals surface area contributed by atoms with Crippen LogP contribution in [-0.4, -0.2) is 46.7 Å². The van der Waals surface area contributed by atoms with E-state index in [0.717, 1.165) is 17.2 Å². The highest BCUT2D eigenvalue weighted by molar-refractivity contribution is 6.36. The number of aromatic nitrogens is 6. The van der Waals surface area contributed by atoms with E-state index in [1.807, 2.05) is 20.8 Å². The second-order valence-electron chi connectivity index (χ2n) is 6.13. The van der Waals surface area contributed by atoms with Crippen molar-refractivity contribution in [2.24, 2.45) is 0 Å². The molecule has 24 heavy (non-hydrogen) atoms. The van der Waals surface area contributed by atoms with Gasteiger partial charge in [-0.2, -0.15) is 5.10 Å². The predicted octanol–water partition coefficient (Wildman–Crippen LogP) is 1.81. The standard InChI is InChI=1S/C15H16ClN7O/c1-8-4-17-14-12(16)13(20-22(14)5-8)15(24)21-6-9(2)23-10(3)18-19-11(23)7-21/h4-5,9H,6-7H2,1-3H3. The van der Waals surface area contributed by atoms with Gasteiger partial charge in [0, 0.05) is 18.9 Å². The molecule has 3 aromatic heterocycles. The molecule has 8 nitrogen and oxygen atoms in total. The average molecular weight is 346 g/mol. The number of carbonyl (C=O) groups is 1. The van der Waals surface area contributed by atoms with Crippen LogP contribution in [0.4, 0.5) is 0 Å². The fraction of sp³-hybridized carbons (Fsp3) is 0.400. The maximum atomic E-state index is 12.9. The summed E-state index contributed by atoms with van der Waals surface area (Å²) in [5, 5.41) is 12.9. The molecule has 1 aliphatic heterocycles. The van der Waals surface area contributed by atoms with Crippen LogP contribution >= 0.6 is 11.6 Å². The molecule has 1 unspecified atom stereocenters. The first-order valence-electron chi connectivity index (χ1n) is 7.66. The number of rotatable bonds is 1. The SMILES string of the molecule is Cc1cnc2c(Cl)c(C(=O)N3Cc4nnc(C)n4C(C)C3)nn2c1. The molecule has 0 aliphatic carbocycles. The fourth-order valence-corrected chi connectivity index (χ4v) is 3.43. The average Bonchev–Trinajstić information content (AvgIpc) is 3.07. The molecule has 4 heterocycles. The molecule has 0 bridgehead atoms. The lowest BCUT2D eigenvalue weighted by Gasteiger charge is -2.31. The topological polar surface area (TPSA) is 81.2 Å². The first-order chi connectivity index (χ1) is 11.5. The normalized spacial score (nSPS) is 17.3. The summed E-state index contributed by atoms with van der Waals surface area (Å²) < 4.78 is 3.60. The van der Waals surface area contributed by atoms with Crippen molar-refractivity contribution in [2.45, 2.75) is 33.4 Å². The van der Waals surface area contributed by atoms with Crippen LogP contribution in [0.5, 0.6) is 0 Å². The van der Waals surface area contributed by atoms with Gasteiger partial charge in [-0.1, -0.05) is 11.6 Å². The zero-order valence-electron chi connectivity index (χ0n) is 13.6. The monoisotopic (exact) mass is 345 g/mol. The van der Waals surface area contributed by atoms with E-state index >= 15 is 0 Å². The fourth-order valence-electron chi connectivity index (χ4n) is 3.17. The summed E-state index contributed by atoms with van der Waals surface area (Å²) >= 11 is 6.34. The molecular weight excluding hydrogens is 330 g/mol. The van der Waals surface area contributed by atoms with E-state index in [-0.39, 0.29) is 22.7 Å². The van der Waals surface area contributed by atoms with Gasteiger partial charge in [0.15, 0.2) is 17.2 Å². The number of fused-ring (bicyclic) bond motifs is 2. The second-order valence-corrected chi connectivity index (χ2v) is 6.51. The minimum Gasteiger partial charge on any atom is -0.328 e. The Morgan fingerprint density at radius 3 is 2.92 bits per heavy atom. The van der Waals surface area contributed by atoms with Crippen molar-refractivity contribution in [1.82, 2.24) is 34.3 Å². The van der Waals surface area contributed by atoms with Gasteiger partial charge in [0.2, 0.25) is 0 Å². The Kier molecular flexibility index (Phi) is 3.31. The molecule has 4 rings (SSSR count). The lowest BCUT2D eigenvalue weighted by Crippen LogP contribution is -2.40. The van der Waals surface area contributed by atoms with Gasteiger partial charge in [0.25, 0.3) is 5.91 Å². The van der Waals surface area contributed by atoms with Gasteiger partial charge in [0.1, 0.15) is 10.8 Å². The molecule has 0 radical (unpaired) electrons. The third-order valence-corrected chi connectivity index (χ3v) is 4.58. The Bertz CT molecular complexity index is 960. The molecule has 1 amide bonds. The van der Waals surface area contributed by atoms with Crippen LogP contribution in [0.15, 0.2) is 12.4 Å². The van der Waals surface area contributed by atoms with E-state index in [0.29, 0.717) is 18.7 Å². The number of aryl methyl sites for hydroxylation is 2. The Labute approximate surface area is 143 Å². The van der Waals surface area contributed by atoms with Crippen LogP contribution in [0, 0.1) is 13.8 Å². The number of amides is 1. The quantitative estimate of drug-likeness (QED) is 0.671. The molecule has 0 saturated carbocycles. The van der Waals surface area contributed by atoms with E-state index in [4.69, 9.17) is 11.6 Å². The molecule has 0 saturated heterocycles. The van der Waals surface area contributed by atoms with Crippen LogP contribution in [0.2, 0.25) is 5.02 Å². The number of hydrogen-bond acceptors (Lipinski definition) is 5. The molecule has 1 aliphatic rings. The Morgan fingerprint density at radius 1 is 1.33 bits per heavy atom. The summed E-state index contributed by atoms with van der Waals surface area (Å²) in [6, 6.07) is 0.101. The van der Waals surface area contributed by atoms with E-state index in [1.165, 1.54) is 0 Å². The van der Waals surface area contributed by atoms with Crippen molar-refractivity contribution < 1.29 is 4.79 Å². The molecule has 0 N–H and O–H groups in total.